The predicted molar refractivity (Wildman–Crippen MR) is 55.7 cm³/mol. The first kappa shape index (κ1) is 10.1. The van der Waals surface area contributed by atoms with Crippen LogP contribution in [0.5, 0.6) is 0 Å². The fourth-order valence-corrected chi connectivity index (χ4v) is 1.08. The molecule has 0 aliphatic rings. The topological polar surface area (TPSA) is 12.9 Å². The predicted octanol–water partition coefficient (Wildman–Crippen LogP) is 3.28. The van der Waals surface area contributed by atoms with Crippen molar-refractivity contribution in [3.63, 3.8) is 0 Å². The van der Waals surface area contributed by atoms with Gasteiger partial charge in [-0.05, 0) is 18.6 Å². The molecular weight excluding hydrogens is 182 g/mol. The summed E-state index contributed by atoms with van der Waals surface area (Å²) in [5.74, 6) is 6.14. The van der Waals surface area contributed by atoms with Crippen LogP contribution in [-0.4, -0.2) is 4.98 Å². The van der Waals surface area contributed by atoms with Crippen molar-refractivity contribution in [2.45, 2.75) is 26.2 Å². The minimum absolute atomic E-state index is 0.502. The molecule has 0 fully saturated rings. The lowest BCUT2D eigenvalue weighted by molar-refractivity contribution is 0.828. The Morgan fingerprint density at radius 1 is 1.54 bits per heavy atom. The largest absolute Gasteiger partial charge is 0.244 e. The molecule has 0 spiro atoms. The smallest absolute Gasteiger partial charge is 0.130 e. The molecule has 2 heteroatoms. The number of rotatable bonds is 2. The van der Waals surface area contributed by atoms with Crippen LogP contribution in [0.1, 0.15) is 31.7 Å². The number of pyridine rings is 1. The molecule has 1 nitrogen and oxygen atoms in total. The Bertz CT molecular complexity index is 322. The van der Waals surface area contributed by atoms with Crippen molar-refractivity contribution < 1.29 is 0 Å². The summed E-state index contributed by atoms with van der Waals surface area (Å²) in [5.41, 5.74) is 0.941. The fourth-order valence-electron chi connectivity index (χ4n) is 0.910. The normalized spacial score (nSPS) is 9.08. The third-order valence-electron chi connectivity index (χ3n) is 1.61. The van der Waals surface area contributed by atoms with Crippen molar-refractivity contribution in [2.24, 2.45) is 0 Å². The lowest BCUT2D eigenvalue weighted by atomic mass is 10.2. The molecule has 1 aromatic heterocycles. The Kier molecular flexibility index (Phi) is 4.35. The number of unbranched alkanes of at least 4 members (excludes halogenated alkanes) is 2. The average molecular weight is 194 g/mol. The van der Waals surface area contributed by atoms with E-state index in [0.717, 1.165) is 18.4 Å². The molecule has 0 N–H and O–H groups in total. The first-order valence-electron chi connectivity index (χ1n) is 4.43. The number of hydrogen-bond acceptors (Lipinski definition) is 1. The zero-order valence-electron chi connectivity index (χ0n) is 7.68. The zero-order valence-corrected chi connectivity index (χ0v) is 8.43. The van der Waals surface area contributed by atoms with Gasteiger partial charge in [0.25, 0.3) is 0 Å². The van der Waals surface area contributed by atoms with Gasteiger partial charge in [0.05, 0.1) is 0 Å². The summed E-state index contributed by atoms with van der Waals surface area (Å²) < 4.78 is 0. The second-order valence-electron chi connectivity index (χ2n) is 2.77. The van der Waals surface area contributed by atoms with Crippen molar-refractivity contribution >= 4 is 11.6 Å². The van der Waals surface area contributed by atoms with Gasteiger partial charge in [-0.15, -0.1) is 0 Å². The Balaban J connectivity index is 2.56. The second-order valence-corrected chi connectivity index (χ2v) is 3.16. The lowest BCUT2D eigenvalue weighted by Crippen LogP contribution is -1.77. The van der Waals surface area contributed by atoms with E-state index in [1.165, 1.54) is 6.42 Å². The van der Waals surface area contributed by atoms with Gasteiger partial charge in [0, 0.05) is 18.2 Å². The summed E-state index contributed by atoms with van der Waals surface area (Å²) in [5, 5.41) is 0.502. The monoisotopic (exact) mass is 193 g/mol. The maximum atomic E-state index is 5.71. The van der Waals surface area contributed by atoms with Crippen molar-refractivity contribution in [3.05, 3.63) is 29.0 Å². The van der Waals surface area contributed by atoms with E-state index in [9.17, 15) is 0 Å². The van der Waals surface area contributed by atoms with Crippen LogP contribution in [0.4, 0.5) is 0 Å². The van der Waals surface area contributed by atoms with E-state index in [4.69, 9.17) is 11.6 Å². The van der Waals surface area contributed by atoms with E-state index in [-0.39, 0.29) is 0 Å². The highest BCUT2D eigenvalue weighted by Gasteiger charge is 1.88. The average Bonchev–Trinajstić information content (AvgIpc) is 2.13. The minimum Gasteiger partial charge on any atom is -0.244 e. The van der Waals surface area contributed by atoms with Gasteiger partial charge in [0.1, 0.15) is 5.15 Å². The molecule has 0 aliphatic heterocycles. The van der Waals surface area contributed by atoms with Crippen LogP contribution in [0.25, 0.3) is 0 Å². The number of aromatic nitrogens is 1. The van der Waals surface area contributed by atoms with Gasteiger partial charge in [0.15, 0.2) is 0 Å². The van der Waals surface area contributed by atoms with Crippen LogP contribution in [-0.2, 0) is 0 Å². The van der Waals surface area contributed by atoms with Crippen LogP contribution in [0.15, 0.2) is 18.3 Å². The van der Waals surface area contributed by atoms with E-state index < -0.39 is 0 Å². The first-order valence-corrected chi connectivity index (χ1v) is 4.81. The number of halogens is 1. The maximum Gasteiger partial charge on any atom is 0.130 e. The maximum absolute atomic E-state index is 5.71. The van der Waals surface area contributed by atoms with Gasteiger partial charge in [-0.25, -0.2) is 4.98 Å². The second kappa shape index (κ2) is 5.61. The van der Waals surface area contributed by atoms with Gasteiger partial charge in [0.2, 0.25) is 0 Å². The third kappa shape index (κ3) is 3.96. The Hall–Kier alpha value is -1.00. The molecule has 0 saturated heterocycles. The Morgan fingerprint density at radius 2 is 2.38 bits per heavy atom. The van der Waals surface area contributed by atoms with E-state index in [2.05, 4.69) is 23.7 Å². The fraction of sp³-hybridized carbons (Fsp3) is 0.364. The van der Waals surface area contributed by atoms with Crippen LogP contribution < -0.4 is 0 Å². The first-order chi connectivity index (χ1) is 6.33. The molecule has 0 atom stereocenters. The summed E-state index contributed by atoms with van der Waals surface area (Å²) in [6.45, 7) is 2.16. The summed E-state index contributed by atoms with van der Waals surface area (Å²) >= 11 is 5.71. The number of nitrogens with zero attached hydrogens (tertiary/aromatic N) is 1. The van der Waals surface area contributed by atoms with Gasteiger partial charge in [-0.3, -0.25) is 0 Å². The van der Waals surface area contributed by atoms with E-state index >= 15 is 0 Å². The SMILES string of the molecule is CCCCC#Cc1ccnc(Cl)c1. The molecule has 0 saturated carbocycles. The molecule has 1 rings (SSSR count). The molecule has 0 aromatic carbocycles. The summed E-state index contributed by atoms with van der Waals surface area (Å²) in [7, 11) is 0. The van der Waals surface area contributed by atoms with Crippen LogP contribution >= 0.6 is 11.6 Å². The van der Waals surface area contributed by atoms with Crippen molar-refractivity contribution in [2.75, 3.05) is 0 Å². The van der Waals surface area contributed by atoms with E-state index in [1.807, 2.05) is 6.07 Å². The summed E-state index contributed by atoms with van der Waals surface area (Å²) in [6, 6.07) is 3.64. The highest BCUT2D eigenvalue weighted by Crippen LogP contribution is 2.05. The Morgan fingerprint density at radius 3 is 3.08 bits per heavy atom. The van der Waals surface area contributed by atoms with Gasteiger partial charge in [-0.2, -0.15) is 0 Å². The van der Waals surface area contributed by atoms with Crippen LogP contribution in [0.2, 0.25) is 5.15 Å². The molecular formula is C11H12ClN. The highest BCUT2D eigenvalue weighted by atomic mass is 35.5. The minimum atomic E-state index is 0.502. The molecule has 0 amide bonds. The van der Waals surface area contributed by atoms with Crippen molar-refractivity contribution in [3.8, 4) is 11.8 Å². The summed E-state index contributed by atoms with van der Waals surface area (Å²) in [4.78, 5) is 3.88. The molecule has 1 aromatic rings. The molecule has 0 radical (unpaired) electrons. The van der Waals surface area contributed by atoms with E-state index in [1.54, 1.807) is 12.3 Å². The van der Waals surface area contributed by atoms with Crippen molar-refractivity contribution in [1.82, 2.24) is 4.98 Å². The van der Waals surface area contributed by atoms with Gasteiger partial charge in [-0.1, -0.05) is 36.8 Å². The molecule has 0 unspecified atom stereocenters. The highest BCUT2D eigenvalue weighted by molar-refractivity contribution is 6.29. The van der Waals surface area contributed by atoms with E-state index in [0.29, 0.717) is 5.15 Å². The van der Waals surface area contributed by atoms with Gasteiger partial charge >= 0.3 is 0 Å². The zero-order chi connectivity index (χ0) is 9.52. The molecule has 0 aliphatic carbocycles. The van der Waals surface area contributed by atoms with Gasteiger partial charge < -0.3 is 0 Å². The third-order valence-corrected chi connectivity index (χ3v) is 1.82. The number of hydrogen-bond donors (Lipinski definition) is 0. The van der Waals surface area contributed by atoms with Crippen LogP contribution in [0.3, 0.4) is 0 Å². The lowest BCUT2D eigenvalue weighted by Gasteiger charge is -1.89. The molecule has 0 bridgehead atoms. The molecule has 68 valence electrons. The standard InChI is InChI=1S/C11H12ClN/c1-2-3-4-5-6-10-7-8-13-11(12)9-10/h7-9H,2-4H2,1H3. The molecule has 13 heavy (non-hydrogen) atoms. The van der Waals surface area contributed by atoms with Crippen LogP contribution in [0, 0.1) is 11.8 Å². The quantitative estimate of drug-likeness (QED) is 0.399. The Labute approximate surface area is 84.1 Å². The summed E-state index contributed by atoms with van der Waals surface area (Å²) in [6.07, 6.45) is 4.97. The van der Waals surface area contributed by atoms with Crippen molar-refractivity contribution in [1.29, 1.82) is 0 Å². The molecule has 1 heterocycles.